The molecule has 0 fully saturated rings. The fourth-order valence-corrected chi connectivity index (χ4v) is 4.30. The van der Waals surface area contributed by atoms with Gasteiger partial charge in [-0.3, -0.25) is 19.4 Å². The molecule has 3 amide bonds. The summed E-state index contributed by atoms with van der Waals surface area (Å²) in [5.41, 5.74) is 28.8. The molecule has 15 N–H and O–H groups in total. The highest BCUT2D eigenvalue weighted by Gasteiger charge is 2.31. The maximum absolute atomic E-state index is 13.7. The number of amides is 3. The van der Waals surface area contributed by atoms with Gasteiger partial charge in [0, 0.05) is 19.4 Å². The average Bonchev–Trinajstić information content (AvgIpc) is 2.98. The zero-order chi connectivity index (χ0) is 33.4. The van der Waals surface area contributed by atoms with Crippen molar-refractivity contribution in [3.8, 4) is 5.75 Å². The summed E-state index contributed by atoms with van der Waals surface area (Å²) < 4.78 is 0. The summed E-state index contributed by atoms with van der Waals surface area (Å²) in [6.45, 7) is 0.165. The van der Waals surface area contributed by atoms with Gasteiger partial charge in [-0.15, -0.1) is 0 Å². The predicted molar refractivity (Wildman–Crippen MR) is 169 cm³/mol. The van der Waals surface area contributed by atoms with Gasteiger partial charge in [0.2, 0.25) is 17.7 Å². The van der Waals surface area contributed by atoms with Crippen molar-refractivity contribution in [2.24, 2.45) is 38.7 Å². The third-order valence-electron chi connectivity index (χ3n) is 6.54. The average molecular weight is 627 g/mol. The molecule has 16 nitrogen and oxygen atoms in total. The quantitative estimate of drug-likeness (QED) is 0.0479. The van der Waals surface area contributed by atoms with E-state index in [4.69, 9.17) is 28.7 Å². The molecule has 0 unspecified atom stereocenters. The van der Waals surface area contributed by atoms with Crippen molar-refractivity contribution >= 4 is 35.6 Å². The molecule has 0 radical (unpaired) electrons. The lowest BCUT2D eigenvalue weighted by Gasteiger charge is -2.25. The maximum Gasteiger partial charge on any atom is 0.326 e. The standard InChI is InChI=1S/C29H42N10O6/c30-13-12-21(27(44)45)37-25(42)22(15-17-5-2-1-3-6-17)38-24(41)20(7-4-14-35-28(31)32)36-26(43)23(39-29(33)34)16-18-8-10-19(40)11-9-18/h1-3,5-6,8-11,20-23,40H,4,7,12-16,30H2,(H,36,43)(H,37,42)(H,38,41)(H,44,45)(H4,31,32,35)(H4,33,34,39)/t20-,21+,22+,23+/m1/s1. The van der Waals surface area contributed by atoms with Gasteiger partial charge < -0.3 is 54.8 Å². The Morgan fingerprint density at radius 1 is 0.711 bits per heavy atom. The van der Waals surface area contributed by atoms with E-state index in [2.05, 4.69) is 25.9 Å². The molecule has 2 rings (SSSR count). The van der Waals surface area contributed by atoms with Crippen LogP contribution in [0.5, 0.6) is 5.75 Å². The number of guanidine groups is 2. The number of nitrogens with zero attached hydrogens (tertiary/aromatic N) is 2. The number of aliphatic carboxylic acids is 1. The summed E-state index contributed by atoms with van der Waals surface area (Å²) in [7, 11) is 0. The van der Waals surface area contributed by atoms with Gasteiger partial charge >= 0.3 is 5.97 Å². The number of phenolic OH excluding ortho intramolecular Hbond substituents is 1. The molecule has 16 heteroatoms. The lowest BCUT2D eigenvalue weighted by Crippen LogP contribution is -2.57. The van der Waals surface area contributed by atoms with Crippen molar-refractivity contribution in [2.45, 2.75) is 56.3 Å². The number of aliphatic imine (C=N–C) groups is 2. The minimum atomic E-state index is -1.28. The van der Waals surface area contributed by atoms with Crippen LogP contribution in [0, 0.1) is 0 Å². The van der Waals surface area contributed by atoms with Crippen molar-refractivity contribution < 1.29 is 29.4 Å². The van der Waals surface area contributed by atoms with E-state index < -0.39 is 47.9 Å². The first-order chi connectivity index (χ1) is 21.4. The van der Waals surface area contributed by atoms with Crippen LogP contribution in [0.15, 0.2) is 64.6 Å². The molecule has 0 aromatic heterocycles. The zero-order valence-electron chi connectivity index (χ0n) is 24.8. The highest BCUT2D eigenvalue weighted by molar-refractivity contribution is 5.95. The van der Waals surface area contributed by atoms with E-state index in [-0.39, 0.29) is 62.9 Å². The Labute approximate surface area is 260 Å². The number of carboxylic acid groups (broad SMARTS) is 1. The van der Waals surface area contributed by atoms with Crippen molar-refractivity contribution in [1.29, 1.82) is 0 Å². The second kappa shape index (κ2) is 18.3. The normalized spacial score (nSPS) is 13.3. The van der Waals surface area contributed by atoms with E-state index in [1.165, 1.54) is 12.1 Å². The molecule has 2 aromatic rings. The van der Waals surface area contributed by atoms with Crippen LogP contribution in [0.2, 0.25) is 0 Å². The largest absolute Gasteiger partial charge is 0.508 e. The first-order valence-electron chi connectivity index (χ1n) is 14.2. The molecular weight excluding hydrogens is 584 g/mol. The van der Waals surface area contributed by atoms with E-state index in [9.17, 15) is 29.4 Å². The third kappa shape index (κ3) is 13.2. The summed E-state index contributed by atoms with van der Waals surface area (Å²) in [4.78, 5) is 60.0. The lowest BCUT2D eigenvalue weighted by atomic mass is 10.0. The van der Waals surface area contributed by atoms with Crippen LogP contribution in [0.3, 0.4) is 0 Å². The number of phenols is 1. The Hall–Kier alpha value is -5.38. The van der Waals surface area contributed by atoms with Gasteiger partial charge in [0.15, 0.2) is 11.9 Å². The fraction of sp³-hybridized carbons (Fsp3) is 0.379. The smallest absolute Gasteiger partial charge is 0.326 e. The number of nitrogens with two attached hydrogens (primary N) is 5. The first-order valence-corrected chi connectivity index (χ1v) is 14.2. The van der Waals surface area contributed by atoms with Crippen LogP contribution >= 0.6 is 0 Å². The minimum Gasteiger partial charge on any atom is -0.508 e. The molecule has 0 saturated carbocycles. The monoisotopic (exact) mass is 626 g/mol. The molecule has 0 aliphatic heterocycles. The summed E-state index contributed by atoms with van der Waals surface area (Å²) in [5.74, 6) is -3.89. The number of rotatable bonds is 18. The molecule has 2 aromatic carbocycles. The van der Waals surface area contributed by atoms with Crippen LogP contribution < -0.4 is 44.6 Å². The summed E-state index contributed by atoms with van der Waals surface area (Å²) >= 11 is 0. The van der Waals surface area contributed by atoms with E-state index in [1.807, 2.05) is 0 Å². The van der Waals surface area contributed by atoms with Gasteiger partial charge in [-0.2, -0.15) is 0 Å². The van der Waals surface area contributed by atoms with E-state index >= 15 is 0 Å². The molecule has 45 heavy (non-hydrogen) atoms. The van der Waals surface area contributed by atoms with Crippen LogP contribution in [0.4, 0.5) is 0 Å². The number of aromatic hydroxyl groups is 1. The van der Waals surface area contributed by atoms with Gasteiger partial charge in [-0.05, 0) is 49.1 Å². The van der Waals surface area contributed by atoms with Crippen LogP contribution in [0.1, 0.15) is 30.4 Å². The van der Waals surface area contributed by atoms with Crippen molar-refractivity contribution in [2.75, 3.05) is 13.1 Å². The Morgan fingerprint density at radius 3 is 1.87 bits per heavy atom. The Morgan fingerprint density at radius 2 is 1.29 bits per heavy atom. The van der Waals surface area contributed by atoms with E-state index in [1.54, 1.807) is 42.5 Å². The van der Waals surface area contributed by atoms with Crippen LogP contribution in [-0.4, -0.2) is 83.1 Å². The second-order valence-corrected chi connectivity index (χ2v) is 10.2. The lowest BCUT2D eigenvalue weighted by molar-refractivity contribution is -0.142. The molecule has 4 atom stereocenters. The fourth-order valence-electron chi connectivity index (χ4n) is 4.30. The number of nitrogens with one attached hydrogen (secondary N) is 3. The number of carbonyl (C=O) groups is 4. The molecule has 0 aliphatic rings. The topological polar surface area (TPSA) is 300 Å². The third-order valence-corrected chi connectivity index (χ3v) is 6.54. The molecule has 244 valence electrons. The Kier molecular flexibility index (Phi) is 14.6. The molecular formula is C29H42N10O6. The Balaban J connectivity index is 2.33. The van der Waals surface area contributed by atoms with Gasteiger partial charge in [0.1, 0.15) is 29.9 Å². The van der Waals surface area contributed by atoms with Crippen molar-refractivity contribution in [3.05, 3.63) is 65.7 Å². The summed E-state index contributed by atoms with van der Waals surface area (Å²) in [5, 5.41) is 26.8. The van der Waals surface area contributed by atoms with Crippen molar-refractivity contribution in [3.63, 3.8) is 0 Å². The number of carbonyl (C=O) groups excluding carboxylic acids is 3. The molecule has 0 spiro atoms. The zero-order valence-corrected chi connectivity index (χ0v) is 24.8. The van der Waals surface area contributed by atoms with Gasteiger partial charge in [-0.25, -0.2) is 9.79 Å². The highest BCUT2D eigenvalue weighted by atomic mass is 16.4. The van der Waals surface area contributed by atoms with E-state index in [0.29, 0.717) is 11.1 Å². The van der Waals surface area contributed by atoms with E-state index in [0.717, 1.165) is 0 Å². The second-order valence-electron chi connectivity index (χ2n) is 10.2. The molecule has 0 heterocycles. The molecule has 0 bridgehead atoms. The van der Waals surface area contributed by atoms with Gasteiger partial charge in [0.05, 0.1) is 0 Å². The number of benzene rings is 2. The van der Waals surface area contributed by atoms with Crippen LogP contribution in [-0.2, 0) is 32.0 Å². The summed E-state index contributed by atoms with van der Waals surface area (Å²) in [6.07, 6.45) is 0.382. The van der Waals surface area contributed by atoms with Gasteiger partial charge in [-0.1, -0.05) is 42.5 Å². The minimum absolute atomic E-state index is 0.0119. The Bertz CT molecular complexity index is 1330. The SMILES string of the molecule is NCC[C@H](NC(=O)[C@H](Cc1ccccc1)NC(=O)[C@@H](CCCN=C(N)N)NC(=O)[C@H](Cc1ccc(O)cc1)N=C(N)N)C(=O)O. The predicted octanol–water partition coefficient (Wildman–Crippen LogP) is -2.24. The molecule has 0 saturated heterocycles. The van der Waals surface area contributed by atoms with Crippen LogP contribution in [0.25, 0.3) is 0 Å². The van der Waals surface area contributed by atoms with Crippen molar-refractivity contribution in [1.82, 2.24) is 16.0 Å². The number of carboxylic acids is 1. The number of hydrogen-bond acceptors (Lipinski definition) is 8. The van der Waals surface area contributed by atoms with Gasteiger partial charge in [0.25, 0.3) is 0 Å². The maximum atomic E-state index is 13.7. The number of hydrogen-bond donors (Lipinski definition) is 10. The molecule has 0 aliphatic carbocycles. The first kappa shape index (κ1) is 35.8. The highest BCUT2D eigenvalue weighted by Crippen LogP contribution is 2.13. The summed E-state index contributed by atoms with van der Waals surface area (Å²) in [6, 6.07) is 10.1.